The predicted molar refractivity (Wildman–Crippen MR) is 91.4 cm³/mol. The van der Waals surface area contributed by atoms with Crippen LogP contribution in [-0.4, -0.2) is 35.9 Å². The van der Waals surface area contributed by atoms with E-state index in [-0.39, 0.29) is 17.4 Å². The Hall–Kier alpha value is -3.00. The van der Waals surface area contributed by atoms with Crippen molar-refractivity contribution >= 4 is 17.6 Å². The van der Waals surface area contributed by atoms with Crippen LogP contribution in [0.2, 0.25) is 5.02 Å². The minimum absolute atomic E-state index is 0.00815. The highest BCUT2D eigenvalue weighted by Gasteiger charge is 2.55. The van der Waals surface area contributed by atoms with E-state index in [0.29, 0.717) is 21.8 Å². The number of fused-ring (bicyclic) bond motifs is 3. The molecule has 1 aromatic carbocycles. The average molecular weight is 370 g/mol. The molecule has 1 saturated carbocycles. The van der Waals surface area contributed by atoms with Crippen LogP contribution in [0.15, 0.2) is 41.5 Å². The molecule has 2 aliphatic rings. The van der Waals surface area contributed by atoms with Gasteiger partial charge in [-0.1, -0.05) is 11.6 Å². The lowest BCUT2D eigenvalue weighted by atomic mass is 10.0. The number of pyridine rings is 1. The van der Waals surface area contributed by atoms with Crippen molar-refractivity contribution in [2.45, 2.75) is 18.4 Å². The number of halogens is 1. The van der Waals surface area contributed by atoms with Crippen molar-refractivity contribution in [1.29, 1.82) is 0 Å². The summed E-state index contributed by atoms with van der Waals surface area (Å²) >= 11 is 6.16. The van der Waals surface area contributed by atoms with Crippen molar-refractivity contribution < 1.29 is 9.90 Å². The Bertz CT molecular complexity index is 1110. The molecule has 5 rings (SSSR count). The van der Waals surface area contributed by atoms with Crippen LogP contribution in [0.1, 0.15) is 24.1 Å². The highest BCUT2D eigenvalue weighted by molar-refractivity contribution is 6.31. The number of carboxylic acid groups (broad SMARTS) is 1. The Morgan fingerprint density at radius 3 is 2.85 bits per heavy atom. The van der Waals surface area contributed by atoms with Gasteiger partial charge in [-0.15, -0.1) is 5.10 Å². The van der Waals surface area contributed by atoms with E-state index in [1.807, 2.05) is 6.07 Å². The fourth-order valence-electron chi connectivity index (χ4n) is 3.94. The molecular formula is C17H12ClN5O3. The van der Waals surface area contributed by atoms with Crippen molar-refractivity contribution in [1.82, 2.24) is 24.8 Å². The van der Waals surface area contributed by atoms with Crippen LogP contribution in [0.4, 0.5) is 0 Å². The smallest absolute Gasteiger partial charge is 0.327 e. The molecule has 0 spiro atoms. The monoisotopic (exact) mass is 369 g/mol. The fourth-order valence-corrected chi connectivity index (χ4v) is 4.11. The van der Waals surface area contributed by atoms with Crippen LogP contribution in [0, 0.1) is 5.92 Å². The number of aliphatic carboxylic acids is 1. The van der Waals surface area contributed by atoms with Crippen molar-refractivity contribution in [2.24, 2.45) is 5.92 Å². The van der Waals surface area contributed by atoms with E-state index < -0.39 is 12.0 Å². The molecule has 0 radical (unpaired) electrons. The lowest BCUT2D eigenvalue weighted by Gasteiger charge is -2.16. The van der Waals surface area contributed by atoms with E-state index in [1.54, 1.807) is 18.2 Å². The van der Waals surface area contributed by atoms with Gasteiger partial charge in [-0.2, -0.15) is 4.68 Å². The highest BCUT2D eigenvalue weighted by atomic mass is 35.5. The number of hydrogen-bond donors (Lipinski definition) is 1. The molecule has 3 aromatic rings. The van der Waals surface area contributed by atoms with Gasteiger partial charge in [0, 0.05) is 28.3 Å². The lowest BCUT2D eigenvalue weighted by molar-refractivity contribution is -0.141. The summed E-state index contributed by atoms with van der Waals surface area (Å²) < 4.78 is 2.91. The Morgan fingerprint density at radius 2 is 2.12 bits per heavy atom. The first-order valence-corrected chi connectivity index (χ1v) is 8.45. The van der Waals surface area contributed by atoms with E-state index in [2.05, 4.69) is 15.5 Å². The van der Waals surface area contributed by atoms with Gasteiger partial charge in [0.1, 0.15) is 12.4 Å². The largest absolute Gasteiger partial charge is 0.480 e. The van der Waals surface area contributed by atoms with Crippen molar-refractivity contribution in [3.05, 3.63) is 57.7 Å². The molecule has 3 heterocycles. The number of aromatic nitrogens is 5. The molecule has 2 aromatic heterocycles. The second-order valence-electron chi connectivity index (χ2n) is 6.58. The highest BCUT2D eigenvalue weighted by Crippen LogP contribution is 2.59. The summed E-state index contributed by atoms with van der Waals surface area (Å²) in [4.78, 5) is 24.2. The Balaban J connectivity index is 1.71. The second kappa shape index (κ2) is 5.25. The maximum Gasteiger partial charge on any atom is 0.327 e. The summed E-state index contributed by atoms with van der Waals surface area (Å²) in [7, 11) is 0. The molecule has 1 N–H and O–H groups in total. The zero-order valence-corrected chi connectivity index (χ0v) is 14.0. The average Bonchev–Trinajstić information content (AvgIpc) is 3.05. The Morgan fingerprint density at radius 1 is 1.27 bits per heavy atom. The van der Waals surface area contributed by atoms with Crippen LogP contribution in [0.5, 0.6) is 0 Å². The minimum atomic E-state index is -0.955. The first kappa shape index (κ1) is 15.3. The number of benzene rings is 1. The van der Waals surface area contributed by atoms with Crippen LogP contribution in [-0.2, 0) is 4.79 Å². The van der Waals surface area contributed by atoms with Gasteiger partial charge in [-0.3, -0.25) is 9.36 Å². The van der Waals surface area contributed by atoms with Crippen molar-refractivity contribution in [2.75, 3.05) is 0 Å². The number of rotatable bonds is 3. The third-order valence-corrected chi connectivity index (χ3v) is 5.35. The van der Waals surface area contributed by atoms with Gasteiger partial charge in [0.2, 0.25) is 0 Å². The van der Waals surface area contributed by atoms with Crippen molar-refractivity contribution in [3.8, 4) is 16.8 Å². The molecule has 26 heavy (non-hydrogen) atoms. The van der Waals surface area contributed by atoms with E-state index in [1.165, 1.54) is 21.6 Å². The Kier molecular flexibility index (Phi) is 3.08. The molecule has 9 heteroatoms. The van der Waals surface area contributed by atoms with Gasteiger partial charge in [-0.05, 0) is 52.6 Å². The third-order valence-electron chi connectivity index (χ3n) is 5.12. The zero-order valence-electron chi connectivity index (χ0n) is 13.3. The summed E-state index contributed by atoms with van der Waals surface area (Å²) in [6.07, 6.45) is 2.26. The van der Waals surface area contributed by atoms with Gasteiger partial charge in [-0.25, -0.2) is 4.79 Å². The van der Waals surface area contributed by atoms with E-state index in [4.69, 9.17) is 11.6 Å². The van der Waals surface area contributed by atoms with Gasteiger partial charge >= 0.3 is 5.97 Å². The van der Waals surface area contributed by atoms with E-state index >= 15 is 0 Å². The number of tetrazole rings is 1. The lowest BCUT2D eigenvalue weighted by Crippen LogP contribution is -2.29. The van der Waals surface area contributed by atoms with E-state index in [9.17, 15) is 14.7 Å². The summed E-state index contributed by atoms with van der Waals surface area (Å²) in [5.74, 6) is -0.823. The third kappa shape index (κ3) is 2.12. The summed E-state index contributed by atoms with van der Waals surface area (Å²) in [5.41, 5.74) is 2.52. The van der Waals surface area contributed by atoms with Gasteiger partial charge in [0.05, 0.1) is 5.69 Å². The fraction of sp³-hybridized carbons (Fsp3) is 0.235. The van der Waals surface area contributed by atoms with Crippen LogP contribution < -0.4 is 5.56 Å². The molecular weight excluding hydrogens is 358 g/mol. The topological polar surface area (TPSA) is 103 Å². The molecule has 0 unspecified atom stereocenters. The molecule has 8 nitrogen and oxygen atoms in total. The molecule has 1 fully saturated rings. The molecule has 3 atom stereocenters. The molecule has 1 aliphatic heterocycles. The van der Waals surface area contributed by atoms with Crippen LogP contribution in [0.25, 0.3) is 16.8 Å². The SMILES string of the molecule is O=C(O)[C@@H]1[C@H]2C[C@H]2c2cc(-c3cc(Cl)ccc3-n3cnnn3)cc(=O)n21. The molecule has 130 valence electrons. The van der Waals surface area contributed by atoms with E-state index in [0.717, 1.165) is 12.1 Å². The van der Waals surface area contributed by atoms with Crippen LogP contribution >= 0.6 is 11.6 Å². The van der Waals surface area contributed by atoms with Gasteiger partial charge < -0.3 is 5.11 Å². The molecule has 0 bridgehead atoms. The van der Waals surface area contributed by atoms with Crippen molar-refractivity contribution in [3.63, 3.8) is 0 Å². The summed E-state index contributed by atoms with van der Waals surface area (Å²) in [6.45, 7) is 0. The number of carboxylic acids is 1. The number of carbonyl (C=O) groups is 1. The quantitative estimate of drug-likeness (QED) is 0.756. The standard InChI is InChI=1S/C17H12ClN5O3/c18-9-1-2-13(22-7-19-20-21-22)10(5-9)8-3-14-11-6-12(11)16(17(25)26)23(14)15(24)4-8/h1-5,7,11-12,16H,6H2,(H,25,26)/t11-,12+,16+/m1/s1. The van der Waals surface area contributed by atoms with Gasteiger partial charge in [0.15, 0.2) is 0 Å². The first-order chi connectivity index (χ1) is 12.5. The molecule has 0 amide bonds. The molecule has 0 saturated heterocycles. The normalized spacial score (nSPS) is 22.7. The maximum atomic E-state index is 12.7. The zero-order chi connectivity index (χ0) is 18.0. The van der Waals surface area contributed by atoms with Gasteiger partial charge in [0.25, 0.3) is 5.56 Å². The summed E-state index contributed by atoms with van der Waals surface area (Å²) in [6, 6.07) is 7.81. The molecule has 1 aliphatic carbocycles. The summed E-state index contributed by atoms with van der Waals surface area (Å²) in [5, 5.41) is 21.2. The van der Waals surface area contributed by atoms with Crippen LogP contribution in [0.3, 0.4) is 0 Å². The minimum Gasteiger partial charge on any atom is -0.480 e. The first-order valence-electron chi connectivity index (χ1n) is 8.07. The maximum absolute atomic E-state index is 12.7. The number of hydrogen-bond acceptors (Lipinski definition) is 5. The second-order valence-corrected chi connectivity index (χ2v) is 7.02. The number of nitrogens with zero attached hydrogens (tertiary/aromatic N) is 5. The Labute approximate surface area is 151 Å². The predicted octanol–water partition coefficient (Wildman–Crippen LogP) is 1.89.